The summed E-state index contributed by atoms with van der Waals surface area (Å²) in [6.45, 7) is 4.71. The van der Waals surface area contributed by atoms with E-state index in [4.69, 9.17) is 5.73 Å². The van der Waals surface area contributed by atoms with Crippen LogP contribution in [0.4, 0.5) is 4.79 Å². The van der Waals surface area contributed by atoms with E-state index in [1.807, 2.05) is 13.8 Å². The summed E-state index contributed by atoms with van der Waals surface area (Å²) < 4.78 is 0. The Morgan fingerprint density at radius 2 is 1.95 bits per heavy atom. The second kappa shape index (κ2) is 8.09. The number of hydrogen-bond donors (Lipinski definition) is 4. The van der Waals surface area contributed by atoms with E-state index in [-0.39, 0.29) is 24.3 Å². The number of aliphatic hydroxyl groups is 1. The number of aliphatic hydroxyl groups excluding tert-OH is 1. The SMILES string of the molecule is CC(C)CC(NC(N)=O)C(=O)NCC1CCCC1CO. The van der Waals surface area contributed by atoms with Crippen LogP contribution in [0.5, 0.6) is 0 Å². The summed E-state index contributed by atoms with van der Waals surface area (Å²) in [5.41, 5.74) is 5.11. The Kier molecular flexibility index (Phi) is 6.78. The normalized spacial score (nSPS) is 23.6. The molecule has 1 rings (SSSR count). The fourth-order valence-electron chi connectivity index (χ4n) is 2.85. The van der Waals surface area contributed by atoms with Crippen LogP contribution < -0.4 is 16.4 Å². The highest BCUT2D eigenvalue weighted by molar-refractivity contribution is 5.86. The summed E-state index contributed by atoms with van der Waals surface area (Å²) in [5.74, 6) is 0.704. The second-order valence-corrected chi connectivity index (χ2v) is 6.07. The number of nitrogens with one attached hydrogen (secondary N) is 2. The van der Waals surface area contributed by atoms with Gasteiger partial charge in [-0.2, -0.15) is 0 Å². The Hall–Kier alpha value is -1.30. The zero-order chi connectivity index (χ0) is 15.1. The van der Waals surface area contributed by atoms with Gasteiger partial charge in [-0.05, 0) is 37.0 Å². The molecule has 0 aromatic rings. The molecular formula is C14H27N3O3. The maximum Gasteiger partial charge on any atom is 0.312 e. The van der Waals surface area contributed by atoms with Crippen molar-refractivity contribution in [2.45, 2.75) is 45.6 Å². The summed E-state index contributed by atoms with van der Waals surface area (Å²) in [4.78, 5) is 23.1. The first-order valence-electron chi connectivity index (χ1n) is 7.38. The molecule has 0 heterocycles. The third-order valence-electron chi connectivity index (χ3n) is 3.93. The van der Waals surface area contributed by atoms with Gasteiger partial charge >= 0.3 is 6.03 Å². The lowest BCUT2D eigenvalue weighted by molar-refractivity contribution is -0.123. The van der Waals surface area contributed by atoms with E-state index < -0.39 is 12.1 Å². The molecule has 1 aliphatic carbocycles. The van der Waals surface area contributed by atoms with E-state index in [0.29, 0.717) is 18.9 Å². The molecule has 0 aliphatic heterocycles. The minimum absolute atomic E-state index is 0.176. The predicted molar refractivity (Wildman–Crippen MR) is 76.9 cm³/mol. The van der Waals surface area contributed by atoms with Crippen LogP contribution in [0.3, 0.4) is 0 Å². The molecule has 3 atom stereocenters. The molecule has 3 amide bonds. The summed E-state index contributed by atoms with van der Waals surface area (Å²) in [5, 5.41) is 14.6. The molecule has 0 aromatic carbocycles. The number of primary amides is 1. The largest absolute Gasteiger partial charge is 0.396 e. The molecule has 0 spiro atoms. The third kappa shape index (κ3) is 5.36. The van der Waals surface area contributed by atoms with Crippen molar-refractivity contribution in [2.75, 3.05) is 13.2 Å². The van der Waals surface area contributed by atoms with Gasteiger partial charge in [-0.15, -0.1) is 0 Å². The van der Waals surface area contributed by atoms with Crippen molar-refractivity contribution in [2.24, 2.45) is 23.5 Å². The number of nitrogens with two attached hydrogens (primary N) is 1. The Bertz CT molecular complexity index is 334. The molecule has 0 radical (unpaired) electrons. The van der Waals surface area contributed by atoms with Gasteiger partial charge in [0.05, 0.1) is 0 Å². The molecule has 5 N–H and O–H groups in total. The van der Waals surface area contributed by atoms with Crippen molar-refractivity contribution in [3.8, 4) is 0 Å². The van der Waals surface area contributed by atoms with Gasteiger partial charge in [-0.25, -0.2) is 4.79 Å². The van der Waals surface area contributed by atoms with E-state index >= 15 is 0 Å². The Morgan fingerprint density at radius 3 is 2.50 bits per heavy atom. The monoisotopic (exact) mass is 285 g/mol. The van der Waals surface area contributed by atoms with Crippen molar-refractivity contribution in [1.29, 1.82) is 0 Å². The Balaban J connectivity index is 2.46. The van der Waals surface area contributed by atoms with E-state index in [1.54, 1.807) is 0 Å². The Morgan fingerprint density at radius 1 is 1.30 bits per heavy atom. The minimum atomic E-state index is -0.681. The van der Waals surface area contributed by atoms with E-state index in [1.165, 1.54) is 0 Å². The van der Waals surface area contributed by atoms with Crippen LogP contribution >= 0.6 is 0 Å². The van der Waals surface area contributed by atoms with Gasteiger partial charge < -0.3 is 21.5 Å². The summed E-state index contributed by atoms with van der Waals surface area (Å²) in [7, 11) is 0. The number of hydrogen-bond acceptors (Lipinski definition) is 3. The quantitative estimate of drug-likeness (QED) is 0.550. The fourth-order valence-corrected chi connectivity index (χ4v) is 2.85. The van der Waals surface area contributed by atoms with Gasteiger partial charge in [0.1, 0.15) is 6.04 Å². The number of carbonyl (C=O) groups is 2. The molecule has 0 saturated heterocycles. The van der Waals surface area contributed by atoms with Gasteiger partial charge in [0.15, 0.2) is 0 Å². The van der Waals surface area contributed by atoms with Gasteiger partial charge in [0, 0.05) is 13.2 Å². The summed E-state index contributed by atoms with van der Waals surface area (Å²) in [6.07, 6.45) is 3.71. The molecular weight excluding hydrogens is 258 g/mol. The minimum Gasteiger partial charge on any atom is -0.396 e. The average Bonchev–Trinajstić information content (AvgIpc) is 2.81. The summed E-state index contributed by atoms with van der Waals surface area (Å²) >= 11 is 0. The average molecular weight is 285 g/mol. The van der Waals surface area contributed by atoms with Gasteiger partial charge in [0.25, 0.3) is 0 Å². The smallest absolute Gasteiger partial charge is 0.312 e. The zero-order valence-corrected chi connectivity index (χ0v) is 12.4. The van der Waals surface area contributed by atoms with Crippen molar-refractivity contribution in [1.82, 2.24) is 10.6 Å². The van der Waals surface area contributed by atoms with Crippen LogP contribution in [0.15, 0.2) is 0 Å². The molecule has 3 unspecified atom stereocenters. The molecule has 20 heavy (non-hydrogen) atoms. The van der Waals surface area contributed by atoms with Crippen molar-refractivity contribution in [3.05, 3.63) is 0 Å². The molecule has 1 aliphatic rings. The van der Waals surface area contributed by atoms with E-state index in [0.717, 1.165) is 19.3 Å². The van der Waals surface area contributed by atoms with Crippen molar-refractivity contribution >= 4 is 11.9 Å². The third-order valence-corrected chi connectivity index (χ3v) is 3.93. The predicted octanol–water partition coefficient (Wildman–Crippen LogP) is 0.594. The Labute approximate surface area is 120 Å². The topological polar surface area (TPSA) is 104 Å². The molecule has 0 bridgehead atoms. The maximum absolute atomic E-state index is 12.1. The van der Waals surface area contributed by atoms with Crippen LogP contribution in [0.25, 0.3) is 0 Å². The van der Waals surface area contributed by atoms with Gasteiger partial charge in [0.2, 0.25) is 5.91 Å². The highest BCUT2D eigenvalue weighted by atomic mass is 16.3. The lowest BCUT2D eigenvalue weighted by Gasteiger charge is -2.22. The van der Waals surface area contributed by atoms with Crippen molar-refractivity contribution in [3.63, 3.8) is 0 Å². The highest BCUT2D eigenvalue weighted by Gasteiger charge is 2.28. The van der Waals surface area contributed by atoms with Crippen LogP contribution in [-0.4, -0.2) is 36.2 Å². The molecule has 1 fully saturated rings. The van der Waals surface area contributed by atoms with Crippen LogP contribution in [0.1, 0.15) is 39.5 Å². The first kappa shape index (κ1) is 16.8. The van der Waals surface area contributed by atoms with Gasteiger partial charge in [-0.1, -0.05) is 20.3 Å². The first-order valence-corrected chi connectivity index (χ1v) is 7.38. The summed E-state index contributed by atoms with van der Waals surface area (Å²) in [6, 6.07) is -1.26. The van der Waals surface area contributed by atoms with Crippen LogP contribution in [0.2, 0.25) is 0 Å². The standard InChI is InChI=1S/C14H27N3O3/c1-9(2)6-12(17-14(15)20)13(19)16-7-10-4-3-5-11(10)8-18/h9-12,18H,3-8H2,1-2H3,(H,16,19)(H3,15,17,20). The van der Waals surface area contributed by atoms with Gasteiger partial charge in [-0.3, -0.25) is 4.79 Å². The lowest BCUT2D eigenvalue weighted by Crippen LogP contribution is -2.50. The molecule has 116 valence electrons. The van der Waals surface area contributed by atoms with Crippen LogP contribution in [0, 0.1) is 17.8 Å². The number of amides is 3. The molecule has 1 saturated carbocycles. The van der Waals surface area contributed by atoms with Crippen molar-refractivity contribution < 1.29 is 14.7 Å². The zero-order valence-electron chi connectivity index (χ0n) is 12.4. The highest BCUT2D eigenvalue weighted by Crippen LogP contribution is 2.30. The van der Waals surface area contributed by atoms with Crippen LogP contribution in [-0.2, 0) is 4.79 Å². The molecule has 6 heteroatoms. The molecule has 6 nitrogen and oxygen atoms in total. The number of carbonyl (C=O) groups excluding carboxylic acids is 2. The first-order chi connectivity index (χ1) is 9.43. The molecule has 0 aromatic heterocycles. The fraction of sp³-hybridized carbons (Fsp3) is 0.857. The maximum atomic E-state index is 12.1. The number of rotatable bonds is 7. The van der Waals surface area contributed by atoms with E-state index in [2.05, 4.69) is 10.6 Å². The lowest BCUT2D eigenvalue weighted by atomic mass is 9.96. The number of urea groups is 1. The second-order valence-electron chi connectivity index (χ2n) is 6.07. The van der Waals surface area contributed by atoms with E-state index in [9.17, 15) is 14.7 Å².